The number of anilines is 3. The summed E-state index contributed by atoms with van der Waals surface area (Å²) in [5.74, 6) is 0.907. The van der Waals surface area contributed by atoms with E-state index in [1.807, 2.05) is 18.2 Å². The van der Waals surface area contributed by atoms with Gasteiger partial charge < -0.3 is 13.9 Å². The van der Waals surface area contributed by atoms with Crippen LogP contribution in [0.3, 0.4) is 0 Å². The van der Waals surface area contributed by atoms with Crippen LogP contribution in [0, 0.1) is 5.92 Å². The van der Waals surface area contributed by atoms with Crippen molar-refractivity contribution in [3.05, 3.63) is 198 Å². The molecule has 8 aromatic rings. The maximum absolute atomic E-state index is 6.52. The van der Waals surface area contributed by atoms with Crippen molar-refractivity contribution in [1.82, 2.24) is 9.55 Å². The minimum Gasteiger partial charge on any atom is -0.436 e. The van der Waals surface area contributed by atoms with Crippen molar-refractivity contribution in [3.63, 3.8) is 0 Å². The van der Waals surface area contributed by atoms with Crippen molar-refractivity contribution in [2.75, 3.05) is 4.90 Å². The fraction of sp³-hybridized carbons (Fsp3) is 0.0426. The van der Waals surface area contributed by atoms with Crippen LogP contribution in [-0.2, 0) is 0 Å². The number of fused-ring (bicyclic) bond motifs is 5. The second-order valence-electron chi connectivity index (χ2n) is 13.2. The molecule has 0 saturated carbocycles. The van der Waals surface area contributed by atoms with Crippen LogP contribution in [0.4, 0.5) is 17.1 Å². The molecule has 0 fully saturated rings. The molecule has 0 N–H and O–H groups in total. The number of hydrogen-bond acceptors (Lipinski definition) is 3. The number of benzene rings is 6. The minimum atomic E-state index is 0.249. The Kier molecular flexibility index (Phi) is 6.91. The van der Waals surface area contributed by atoms with Gasteiger partial charge in [0, 0.05) is 50.6 Å². The third-order valence-electron chi connectivity index (χ3n) is 10.2. The summed E-state index contributed by atoms with van der Waals surface area (Å²) in [6.07, 6.45) is 9.55. The molecule has 4 heteroatoms. The lowest BCUT2D eigenvalue weighted by molar-refractivity contribution is 0.531. The number of para-hydroxylation sites is 3. The molecule has 0 radical (unpaired) electrons. The van der Waals surface area contributed by atoms with Crippen LogP contribution in [0.15, 0.2) is 186 Å². The van der Waals surface area contributed by atoms with E-state index in [1.54, 1.807) is 0 Å². The van der Waals surface area contributed by atoms with E-state index in [0.29, 0.717) is 5.89 Å². The number of nitrogens with zero attached hydrogens (tertiary/aromatic N) is 3. The molecule has 4 nitrogen and oxygen atoms in total. The molecule has 6 aromatic carbocycles. The van der Waals surface area contributed by atoms with Crippen molar-refractivity contribution < 1.29 is 4.42 Å². The minimum absolute atomic E-state index is 0.249. The zero-order chi connectivity index (χ0) is 33.7. The second-order valence-corrected chi connectivity index (χ2v) is 13.2. The molecule has 0 saturated heterocycles. The Morgan fingerprint density at radius 3 is 2.06 bits per heavy atom. The van der Waals surface area contributed by atoms with Gasteiger partial charge in [-0.15, -0.1) is 0 Å². The van der Waals surface area contributed by atoms with Gasteiger partial charge in [0.1, 0.15) is 5.35 Å². The van der Waals surface area contributed by atoms with Crippen molar-refractivity contribution in [1.29, 1.82) is 0 Å². The summed E-state index contributed by atoms with van der Waals surface area (Å²) in [7, 11) is 0. The lowest BCUT2D eigenvalue weighted by Crippen LogP contribution is -2.34. The van der Waals surface area contributed by atoms with E-state index in [0.717, 1.165) is 51.1 Å². The summed E-state index contributed by atoms with van der Waals surface area (Å²) < 4.78 is 8.88. The highest BCUT2D eigenvalue weighted by molar-refractivity contribution is 6.10. The first-order valence-electron chi connectivity index (χ1n) is 17.5. The Labute approximate surface area is 295 Å². The van der Waals surface area contributed by atoms with E-state index in [1.165, 1.54) is 33.0 Å². The van der Waals surface area contributed by atoms with E-state index < -0.39 is 0 Å². The summed E-state index contributed by atoms with van der Waals surface area (Å²) in [6.45, 7) is 0. The number of allylic oxidation sites excluding steroid dienone is 4. The average Bonchev–Trinajstić information content (AvgIpc) is 3.80. The quantitative estimate of drug-likeness (QED) is 0.179. The predicted molar refractivity (Wildman–Crippen MR) is 209 cm³/mol. The highest BCUT2D eigenvalue weighted by atomic mass is 16.3. The molecule has 0 amide bonds. The normalized spacial score (nSPS) is 14.9. The Morgan fingerprint density at radius 1 is 0.588 bits per heavy atom. The second kappa shape index (κ2) is 12.0. The lowest BCUT2D eigenvalue weighted by atomic mass is 9.83. The fourth-order valence-corrected chi connectivity index (χ4v) is 7.79. The van der Waals surface area contributed by atoms with Gasteiger partial charge in [0.25, 0.3) is 0 Å². The maximum atomic E-state index is 6.52. The highest BCUT2D eigenvalue weighted by Crippen LogP contribution is 2.40. The smallest absolute Gasteiger partial charge is 0.227 e. The summed E-state index contributed by atoms with van der Waals surface area (Å²) in [6, 6.07) is 55.9. The average molecular weight is 656 g/mol. The third kappa shape index (κ3) is 4.95. The predicted octanol–water partition coefficient (Wildman–Crippen LogP) is 10.4. The van der Waals surface area contributed by atoms with Gasteiger partial charge >= 0.3 is 0 Å². The Morgan fingerprint density at radius 2 is 1.25 bits per heavy atom. The number of hydrogen-bond donors (Lipinski definition) is 0. The van der Waals surface area contributed by atoms with Gasteiger partial charge in [0.05, 0.1) is 11.0 Å². The van der Waals surface area contributed by atoms with Gasteiger partial charge in [0.15, 0.2) is 5.42 Å². The van der Waals surface area contributed by atoms with E-state index in [2.05, 4.69) is 173 Å². The van der Waals surface area contributed by atoms with Gasteiger partial charge in [-0.05, 0) is 90.4 Å². The first-order valence-corrected chi connectivity index (χ1v) is 17.5. The van der Waals surface area contributed by atoms with Gasteiger partial charge in [-0.1, -0.05) is 109 Å². The largest absolute Gasteiger partial charge is 0.436 e. The van der Waals surface area contributed by atoms with E-state index in [-0.39, 0.29) is 5.92 Å². The summed E-state index contributed by atoms with van der Waals surface area (Å²) in [4.78, 5) is 7.45. The van der Waals surface area contributed by atoms with Crippen molar-refractivity contribution >= 4 is 50.0 Å². The number of rotatable bonds is 6. The molecule has 2 aliphatic rings. The first-order chi connectivity index (χ1) is 25.3. The van der Waals surface area contributed by atoms with Crippen LogP contribution in [0.5, 0.6) is 0 Å². The maximum Gasteiger partial charge on any atom is 0.227 e. The van der Waals surface area contributed by atoms with Crippen LogP contribution in [0.2, 0.25) is 0 Å². The van der Waals surface area contributed by atoms with Crippen molar-refractivity contribution in [2.45, 2.75) is 6.42 Å². The monoisotopic (exact) mass is 655 g/mol. The summed E-state index contributed by atoms with van der Waals surface area (Å²) >= 11 is 0. The third-order valence-corrected chi connectivity index (χ3v) is 10.2. The van der Waals surface area contributed by atoms with Crippen LogP contribution in [0.1, 0.15) is 12.0 Å². The van der Waals surface area contributed by atoms with Crippen LogP contribution in [-0.4, -0.2) is 9.55 Å². The molecule has 0 bridgehead atoms. The van der Waals surface area contributed by atoms with E-state index >= 15 is 0 Å². The van der Waals surface area contributed by atoms with E-state index in [4.69, 9.17) is 9.40 Å². The topological polar surface area (TPSA) is 34.2 Å². The zero-order valence-corrected chi connectivity index (χ0v) is 27.9. The summed E-state index contributed by atoms with van der Waals surface area (Å²) in [5.41, 5.74) is 12.2. The Hall–Kier alpha value is -6.65. The van der Waals surface area contributed by atoms with Crippen LogP contribution >= 0.6 is 0 Å². The molecule has 2 heterocycles. The molecule has 51 heavy (non-hydrogen) atoms. The zero-order valence-electron chi connectivity index (χ0n) is 27.9. The number of aromatic nitrogens is 2. The SMILES string of the molecule is C1=CC2=c3oc(-c4ccccc4)nc3=C(c3ccc(N(c4ccccc4)c4ccc5c(c4)c4ccccc4n5-c4ccccc4)cc3)CC2C=C1. The standard InChI is InChI=1S/C47H33N3O/c1-4-14-33(15-5-1)47-48-45-41(30-34-16-10-11-21-39(34)46(45)51-47)32-24-26-37(27-25-32)49(35-17-6-2-7-18-35)38-28-29-44-42(31-38)40-22-12-13-23-43(40)50(44)36-19-8-3-9-20-36/h1-29,31,34H,30H2. The van der Waals surface area contributed by atoms with Crippen LogP contribution in [0.25, 0.3) is 50.1 Å². The van der Waals surface area contributed by atoms with Crippen molar-refractivity contribution in [3.8, 4) is 17.1 Å². The first kappa shape index (κ1) is 29.3. The molecule has 242 valence electrons. The van der Waals surface area contributed by atoms with Gasteiger partial charge in [-0.25, -0.2) is 4.98 Å². The molecule has 1 unspecified atom stereocenters. The lowest BCUT2D eigenvalue weighted by Gasteiger charge is -2.26. The molecule has 0 aliphatic heterocycles. The fourth-order valence-electron chi connectivity index (χ4n) is 7.79. The molecule has 2 aliphatic carbocycles. The molecule has 2 aromatic heterocycles. The Bertz CT molecular complexity index is 2750. The molecule has 1 atom stereocenters. The molecule has 10 rings (SSSR count). The molecular weight excluding hydrogens is 623 g/mol. The van der Waals surface area contributed by atoms with Gasteiger partial charge in [0.2, 0.25) is 5.89 Å². The van der Waals surface area contributed by atoms with Crippen molar-refractivity contribution in [2.24, 2.45) is 5.92 Å². The Balaban J connectivity index is 1.11. The molecular formula is C47H33N3O. The summed E-state index contributed by atoms with van der Waals surface area (Å²) in [5, 5.41) is 3.39. The highest BCUT2D eigenvalue weighted by Gasteiger charge is 2.25. The van der Waals surface area contributed by atoms with E-state index in [9.17, 15) is 0 Å². The van der Waals surface area contributed by atoms with Gasteiger partial charge in [-0.3, -0.25) is 0 Å². The van der Waals surface area contributed by atoms with Gasteiger partial charge in [-0.2, -0.15) is 0 Å². The number of oxazole rings is 1. The molecule has 0 spiro atoms. The van der Waals surface area contributed by atoms with Crippen LogP contribution < -0.4 is 15.7 Å².